The Balaban J connectivity index is 1.66. The van der Waals surface area contributed by atoms with E-state index in [0.717, 1.165) is 11.3 Å². The SMILES string of the molecule is Cc1ccc(Cc2cnc(NC(=O)c3ccn[nH]3)s2)cc1. The lowest BCUT2D eigenvalue weighted by Crippen LogP contribution is -2.11. The van der Waals surface area contributed by atoms with Crippen molar-refractivity contribution in [1.82, 2.24) is 15.2 Å². The maximum Gasteiger partial charge on any atom is 0.275 e. The fraction of sp³-hybridized carbons (Fsp3) is 0.133. The van der Waals surface area contributed by atoms with Crippen molar-refractivity contribution in [2.45, 2.75) is 13.3 Å². The van der Waals surface area contributed by atoms with Crippen LogP contribution < -0.4 is 5.32 Å². The highest BCUT2D eigenvalue weighted by Crippen LogP contribution is 2.21. The number of aryl methyl sites for hydroxylation is 1. The van der Waals surface area contributed by atoms with Gasteiger partial charge in [-0.05, 0) is 18.6 Å². The van der Waals surface area contributed by atoms with E-state index in [1.165, 1.54) is 22.5 Å². The fourth-order valence-corrected chi connectivity index (χ4v) is 2.74. The summed E-state index contributed by atoms with van der Waals surface area (Å²) in [5.74, 6) is -0.233. The van der Waals surface area contributed by atoms with Gasteiger partial charge < -0.3 is 0 Å². The predicted octanol–water partition coefficient (Wildman–Crippen LogP) is 3.02. The molecule has 0 aliphatic carbocycles. The number of amides is 1. The molecule has 1 amide bonds. The summed E-state index contributed by atoms with van der Waals surface area (Å²) in [5.41, 5.74) is 2.90. The van der Waals surface area contributed by atoms with E-state index in [4.69, 9.17) is 0 Å². The quantitative estimate of drug-likeness (QED) is 0.778. The second kappa shape index (κ2) is 5.88. The molecule has 0 fully saturated rings. The van der Waals surface area contributed by atoms with Crippen molar-refractivity contribution in [2.24, 2.45) is 0 Å². The van der Waals surface area contributed by atoms with Crippen LogP contribution in [0.25, 0.3) is 0 Å². The van der Waals surface area contributed by atoms with Gasteiger partial charge in [0.05, 0.1) is 0 Å². The van der Waals surface area contributed by atoms with Gasteiger partial charge in [0.1, 0.15) is 5.69 Å². The van der Waals surface area contributed by atoms with Crippen molar-refractivity contribution in [3.63, 3.8) is 0 Å². The van der Waals surface area contributed by atoms with E-state index < -0.39 is 0 Å². The van der Waals surface area contributed by atoms with E-state index >= 15 is 0 Å². The third-order valence-corrected chi connectivity index (χ3v) is 3.93. The van der Waals surface area contributed by atoms with Crippen LogP contribution in [-0.2, 0) is 6.42 Å². The summed E-state index contributed by atoms with van der Waals surface area (Å²) in [4.78, 5) is 17.2. The molecule has 0 spiro atoms. The lowest BCUT2D eigenvalue weighted by molar-refractivity contribution is 0.102. The molecule has 1 aromatic carbocycles. The van der Waals surface area contributed by atoms with Crippen molar-refractivity contribution in [3.05, 3.63) is 64.4 Å². The average Bonchev–Trinajstić information content (AvgIpc) is 3.13. The first-order chi connectivity index (χ1) is 10.2. The molecule has 5 nitrogen and oxygen atoms in total. The van der Waals surface area contributed by atoms with E-state index in [-0.39, 0.29) is 5.91 Å². The summed E-state index contributed by atoms with van der Waals surface area (Å²) in [7, 11) is 0. The number of nitrogens with zero attached hydrogens (tertiary/aromatic N) is 2. The molecule has 0 unspecified atom stereocenters. The number of benzene rings is 1. The van der Waals surface area contributed by atoms with Gasteiger partial charge >= 0.3 is 0 Å². The number of carbonyl (C=O) groups excluding carboxylic acids is 1. The maximum atomic E-state index is 11.9. The minimum Gasteiger partial charge on any atom is -0.297 e. The van der Waals surface area contributed by atoms with Crippen molar-refractivity contribution in [1.29, 1.82) is 0 Å². The van der Waals surface area contributed by atoms with Gasteiger partial charge in [0.25, 0.3) is 5.91 Å². The van der Waals surface area contributed by atoms with Gasteiger partial charge in [-0.25, -0.2) is 4.98 Å². The number of rotatable bonds is 4. The summed E-state index contributed by atoms with van der Waals surface area (Å²) in [5, 5.41) is 9.73. The first kappa shape index (κ1) is 13.5. The van der Waals surface area contributed by atoms with E-state index in [1.807, 2.05) is 0 Å². The van der Waals surface area contributed by atoms with Crippen LogP contribution in [0.1, 0.15) is 26.5 Å². The van der Waals surface area contributed by atoms with Crippen LogP contribution in [-0.4, -0.2) is 21.1 Å². The van der Waals surface area contributed by atoms with E-state index in [9.17, 15) is 4.79 Å². The zero-order valence-corrected chi connectivity index (χ0v) is 12.3. The molecule has 0 saturated carbocycles. The molecule has 106 valence electrons. The second-order valence-electron chi connectivity index (χ2n) is 4.72. The molecule has 0 bridgehead atoms. The third-order valence-electron chi connectivity index (χ3n) is 3.02. The van der Waals surface area contributed by atoms with E-state index in [2.05, 4.69) is 51.7 Å². The molecule has 21 heavy (non-hydrogen) atoms. The standard InChI is InChI=1S/C15H14N4OS/c1-10-2-4-11(5-3-10)8-12-9-16-15(21-12)18-14(20)13-6-7-17-19-13/h2-7,9H,8H2,1H3,(H,17,19)(H,16,18,20). The number of nitrogens with one attached hydrogen (secondary N) is 2. The zero-order chi connectivity index (χ0) is 14.7. The Labute approximate surface area is 126 Å². The monoisotopic (exact) mass is 298 g/mol. The summed E-state index contributed by atoms with van der Waals surface area (Å²) < 4.78 is 0. The molecule has 3 aromatic rings. The minimum atomic E-state index is -0.233. The fourth-order valence-electron chi connectivity index (χ4n) is 1.90. The Morgan fingerprint density at radius 3 is 2.81 bits per heavy atom. The lowest BCUT2D eigenvalue weighted by atomic mass is 10.1. The van der Waals surface area contributed by atoms with Gasteiger partial charge in [-0.1, -0.05) is 29.8 Å². The zero-order valence-electron chi connectivity index (χ0n) is 11.5. The highest BCUT2D eigenvalue weighted by atomic mass is 32.1. The van der Waals surface area contributed by atoms with E-state index in [1.54, 1.807) is 18.5 Å². The first-order valence-corrected chi connectivity index (χ1v) is 7.33. The molecular weight excluding hydrogens is 284 g/mol. The van der Waals surface area contributed by atoms with Crippen LogP contribution in [0.2, 0.25) is 0 Å². The van der Waals surface area contributed by atoms with Gasteiger partial charge in [0.15, 0.2) is 5.13 Å². The van der Waals surface area contributed by atoms with Gasteiger partial charge in [0, 0.05) is 23.7 Å². The highest BCUT2D eigenvalue weighted by molar-refractivity contribution is 7.15. The van der Waals surface area contributed by atoms with Gasteiger partial charge in [-0.15, -0.1) is 11.3 Å². The first-order valence-electron chi connectivity index (χ1n) is 6.52. The van der Waals surface area contributed by atoms with Crippen LogP contribution in [0.15, 0.2) is 42.7 Å². The van der Waals surface area contributed by atoms with Gasteiger partial charge in [-0.2, -0.15) is 5.10 Å². The number of hydrogen-bond acceptors (Lipinski definition) is 4. The van der Waals surface area contributed by atoms with Crippen molar-refractivity contribution in [2.75, 3.05) is 5.32 Å². The van der Waals surface area contributed by atoms with Gasteiger partial charge in [-0.3, -0.25) is 15.2 Å². The topological polar surface area (TPSA) is 70.7 Å². The minimum absolute atomic E-state index is 0.233. The molecule has 2 N–H and O–H groups in total. The molecule has 0 aliphatic heterocycles. The lowest BCUT2D eigenvalue weighted by Gasteiger charge is -1.99. The van der Waals surface area contributed by atoms with Crippen LogP contribution in [0.3, 0.4) is 0 Å². The molecule has 2 aromatic heterocycles. The highest BCUT2D eigenvalue weighted by Gasteiger charge is 2.10. The number of hydrogen-bond donors (Lipinski definition) is 2. The van der Waals surface area contributed by atoms with Crippen molar-refractivity contribution >= 4 is 22.4 Å². The number of aromatic nitrogens is 3. The van der Waals surface area contributed by atoms with Crippen molar-refractivity contribution in [3.8, 4) is 0 Å². The number of anilines is 1. The predicted molar refractivity (Wildman–Crippen MR) is 82.6 cm³/mol. The summed E-state index contributed by atoms with van der Waals surface area (Å²) in [6.45, 7) is 2.07. The summed E-state index contributed by atoms with van der Waals surface area (Å²) in [6.07, 6.45) is 4.16. The molecule has 2 heterocycles. The number of thiazole rings is 1. The number of aromatic amines is 1. The average molecular weight is 298 g/mol. The Bertz CT molecular complexity index is 731. The normalized spacial score (nSPS) is 10.5. The Morgan fingerprint density at radius 1 is 1.29 bits per heavy atom. The van der Waals surface area contributed by atoms with Crippen LogP contribution in [0, 0.1) is 6.92 Å². The molecule has 0 atom stereocenters. The largest absolute Gasteiger partial charge is 0.297 e. The summed E-state index contributed by atoms with van der Waals surface area (Å²) >= 11 is 1.48. The number of H-pyrrole nitrogens is 1. The Hall–Kier alpha value is -2.47. The van der Waals surface area contributed by atoms with E-state index in [0.29, 0.717) is 10.8 Å². The smallest absolute Gasteiger partial charge is 0.275 e. The maximum absolute atomic E-state index is 11.9. The second-order valence-corrected chi connectivity index (χ2v) is 5.83. The molecular formula is C15H14N4OS. The van der Waals surface area contributed by atoms with Crippen LogP contribution >= 0.6 is 11.3 Å². The summed E-state index contributed by atoms with van der Waals surface area (Å²) in [6, 6.07) is 10.0. The molecule has 3 rings (SSSR count). The van der Waals surface area contributed by atoms with Crippen LogP contribution in [0.4, 0.5) is 5.13 Å². The number of carbonyl (C=O) groups is 1. The Kier molecular flexibility index (Phi) is 3.79. The van der Waals surface area contributed by atoms with Crippen molar-refractivity contribution < 1.29 is 4.79 Å². The third kappa shape index (κ3) is 3.35. The van der Waals surface area contributed by atoms with Crippen LogP contribution in [0.5, 0.6) is 0 Å². The Morgan fingerprint density at radius 2 is 2.10 bits per heavy atom. The molecule has 0 saturated heterocycles. The molecule has 6 heteroatoms. The van der Waals surface area contributed by atoms with Gasteiger partial charge in [0.2, 0.25) is 0 Å². The molecule has 0 radical (unpaired) electrons. The molecule has 0 aliphatic rings.